The maximum atomic E-state index is 9.90. The SMILES string of the molecule is OCC1O[C@H](OC2CCC(CS)CC2)[C@H](O)C(O)[C@@H]1O. The highest BCUT2D eigenvalue weighted by Crippen LogP contribution is 2.30. The van der Waals surface area contributed by atoms with Crippen LogP contribution in [0.2, 0.25) is 0 Å². The summed E-state index contributed by atoms with van der Waals surface area (Å²) in [5.41, 5.74) is 0. The molecular formula is C13H24O6S. The lowest BCUT2D eigenvalue weighted by Gasteiger charge is -2.41. The minimum absolute atomic E-state index is 0.0347. The second kappa shape index (κ2) is 7.40. The molecule has 6 nitrogen and oxygen atoms in total. The third-order valence-electron chi connectivity index (χ3n) is 4.23. The van der Waals surface area contributed by atoms with Crippen molar-refractivity contribution >= 4 is 12.6 Å². The fourth-order valence-electron chi connectivity index (χ4n) is 2.82. The van der Waals surface area contributed by atoms with Crippen LogP contribution in [-0.4, -0.2) is 69.6 Å². The predicted molar refractivity (Wildman–Crippen MR) is 74.5 cm³/mol. The zero-order valence-corrected chi connectivity index (χ0v) is 12.2. The molecule has 118 valence electrons. The molecule has 0 amide bonds. The monoisotopic (exact) mass is 308 g/mol. The van der Waals surface area contributed by atoms with Crippen LogP contribution in [-0.2, 0) is 9.47 Å². The average molecular weight is 308 g/mol. The van der Waals surface area contributed by atoms with Crippen molar-refractivity contribution in [3.05, 3.63) is 0 Å². The number of ether oxygens (including phenoxy) is 2. The number of rotatable bonds is 4. The molecule has 1 saturated carbocycles. The summed E-state index contributed by atoms with van der Waals surface area (Å²) in [6.45, 7) is -0.433. The first kappa shape index (κ1) is 16.5. The molecule has 7 heteroatoms. The van der Waals surface area contributed by atoms with Gasteiger partial charge in [-0.05, 0) is 37.4 Å². The van der Waals surface area contributed by atoms with Crippen molar-refractivity contribution in [1.29, 1.82) is 0 Å². The van der Waals surface area contributed by atoms with Gasteiger partial charge in [0.1, 0.15) is 24.4 Å². The van der Waals surface area contributed by atoms with Gasteiger partial charge in [-0.2, -0.15) is 12.6 Å². The van der Waals surface area contributed by atoms with Gasteiger partial charge in [0.15, 0.2) is 6.29 Å². The van der Waals surface area contributed by atoms with Gasteiger partial charge in [-0.15, -0.1) is 0 Å². The van der Waals surface area contributed by atoms with Gasteiger partial charge in [-0.3, -0.25) is 0 Å². The summed E-state index contributed by atoms with van der Waals surface area (Å²) in [5.74, 6) is 1.47. The highest BCUT2D eigenvalue weighted by Gasteiger charge is 2.44. The van der Waals surface area contributed by atoms with Crippen LogP contribution in [0.1, 0.15) is 25.7 Å². The molecule has 2 rings (SSSR count). The van der Waals surface area contributed by atoms with Crippen molar-refractivity contribution in [2.45, 2.75) is 62.5 Å². The molecule has 1 heterocycles. The zero-order chi connectivity index (χ0) is 14.7. The Morgan fingerprint density at radius 1 is 1.00 bits per heavy atom. The van der Waals surface area contributed by atoms with Crippen LogP contribution < -0.4 is 0 Å². The fraction of sp³-hybridized carbons (Fsp3) is 1.00. The van der Waals surface area contributed by atoms with Gasteiger partial charge in [0.2, 0.25) is 0 Å². The highest BCUT2D eigenvalue weighted by atomic mass is 32.1. The number of hydrogen-bond acceptors (Lipinski definition) is 7. The van der Waals surface area contributed by atoms with Gasteiger partial charge in [-0.1, -0.05) is 0 Å². The van der Waals surface area contributed by atoms with Crippen LogP contribution in [0.15, 0.2) is 0 Å². The van der Waals surface area contributed by atoms with E-state index in [0.717, 1.165) is 31.4 Å². The van der Waals surface area contributed by atoms with Crippen molar-refractivity contribution in [1.82, 2.24) is 0 Å². The molecule has 5 atom stereocenters. The Bertz CT molecular complexity index is 295. The second-order valence-corrected chi connectivity index (χ2v) is 6.02. The van der Waals surface area contributed by atoms with E-state index in [4.69, 9.17) is 14.6 Å². The van der Waals surface area contributed by atoms with Gasteiger partial charge < -0.3 is 29.9 Å². The Hall–Kier alpha value is 0.110. The molecule has 1 saturated heterocycles. The zero-order valence-electron chi connectivity index (χ0n) is 11.3. The third kappa shape index (κ3) is 3.65. The molecule has 0 aromatic rings. The predicted octanol–water partition coefficient (Wildman–Crippen LogP) is -0.709. The van der Waals surface area contributed by atoms with Crippen LogP contribution >= 0.6 is 12.6 Å². The summed E-state index contributed by atoms with van der Waals surface area (Å²) >= 11 is 4.29. The molecular weight excluding hydrogens is 284 g/mol. The lowest BCUT2D eigenvalue weighted by molar-refractivity contribution is -0.313. The third-order valence-corrected chi connectivity index (χ3v) is 4.74. The summed E-state index contributed by atoms with van der Waals surface area (Å²) in [4.78, 5) is 0. The summed E-state index contributed by atoms with van der Waals surface area (Å²) < 4.78 is 11.0. The van der Waals surface area contributed by atoms with E-state index >= 15 is 0 Å². The lowest BCUT2D eigenvalue weighted by Crippen LogP contribution is -2.59. The van der Waals surface area contributed by atoms with Crippen molar-refractivity contribution in [2.24, 2.45) is 5.92 Å². The Morgan fingerprint density at radius 2 is 1.65 bits per heavy atom. The maximum absolute atomic E-state index is 9.90. The smallest absolute Gasteiger partial charge is 0.186 e. The Kier molecular flexibility index (Phi) is 6.09. The van der Waals surface area contributed by atoms with Gasteiger partial charge in [-0.25, -0.2) is 0 Å². The van der Waals surface area contributed by atoms with Gasteiger partial charge in [0.25, 0.3) is 0 Å². The number of thiol groups is 1. The Morgan fingerprint density at radius 3 is 2.20 bits per heavy atom. The minimum atomic E-state index is -1.38. The van der Waals surface area contributed by atoms with E-state index < -0.39 is 37.3 Å². The van der Waals surface area contributed by atoms with Crippen molar-refractivity contribution in [2.75, 3.05) is 12.4 Å². The van der Waals surface area contributed by atoms with Crippen LogP contribution in [0.25, 0.3) is 0 Å². The quantitative estimate of drug-likeness (QED) is 0.440. The van der Waals surface area contributed by atoms with Crippen molar-refractivity contribution < 1.29 is 29.9 Å². The molecule has 1 aliphatic heterocycles. The molecule has 2 aliphatic rings. The largest absolute Gasteiger partial charge is 0.394 e. The summed E-state index contributed by atoms with van der Waals surface area (Å²) in [7, 11) is 0. The fourth-order valence-corrected chi connectivity index (χ4v) is 3.19. The first-order valence-electron chi connectivity index (χ1n) is 7.13. The van der Waals surface area contributed by atoms with E-state index in [-0.39, 0.29) is 6.10 Å². The molecule has 2 unspecified atom stereocenters. The second-order valence-electron chi connectivity index (χ2n) is 5.66. The van der Waals surface area contributed by atoms with E-state index in [1.165, 1.54) is 0 Å². The Labute approximate surface area is 124 Å². The van der Waals surface area contributed by atoms with Crippen LogP contribution in [0.3, 0.4) is 0 Å². The van der Waals surface area contributed by atoms with E-state index in [9.17, 15) is 15.3 Å². The number of hydrogen-bond donors (Lipinski definition) is 5. The molecule has 0 radical (unpaired) electrons. The normalized spacial score (nSPS) is 46.4. The van der Waals surface area contributed by atoms with Crippen molar-refractivity contribution in [3.63, 3.8) is 0 Å². The van der Waals surface area contributed by atoms with E-state index in [2.05, 4.69) is 12.6 Å². The van der Waals surface area contributed by atoms with Gasteiger partial charge in [0, 0.05) is 0 Å². The average Bonchev–Trinajstić information content (AvgIpc) is 2.48. The molecule has 4 N–H and O–H groups in total. The van der Waals surface area contributed by atoms with Crippen LogP contribution in [0.5, 0.6) is 0 Å². The maximum Gasteiger partial charge on any atom is 0.186 e. The molecule has 0 aromatic carbocycles. The standard InChI is InChI=1S/C13H24O6S/c14-5-9-10(15)11(16)12(17)13(19-9)18-8-3-1-7(6-20)2-4-8/h7-17,20H,1-6H2/t7?,8?,9?,10-,11?,12-,13+/m1/s1. The van der Waals surface area contributed by atoms with Crippen LogP contribution in [0.4, 0.5) is 0 Å². The minimum Gasteiger partial charge on any atom is -0.394 e. The summed E-state index contributed by atoms with van der Waals surface area (Å²) in [6, 6.07) is 0. The van der Waals surface area contributed by atoms with Crippen molar-refractivity contribution in [3.8, 4) is 0 Å². The molecule has 0 spiro atoms. The number of aliphatic hydroxyl groups excluding tert-OH is 4. The van der Waals surface area contributed by atoms with Gasteiger partial charge in [0.05, 0.1) is 12.7 Å². The first-order valence-corrected chi connectivity index (χ1v) is 7.77. The topological polar surface area (TPSA) is 99.4 Å². The van der Waals surface area contributed by atoms with Gasteiger partial charge >= 0.3 is 0 Å². The summed E-state index contributed by atoms with van der Waals surface area (Å²) in [6.07, 6.45) is -2.22. The van der Waals surface area contributed by atoms with E-state index in [0.29, 0.717) is 5.92 Å². The molecule has 1 aliphatic carbocycles. The molecule has 0 bridgehead atoms. The summed E-state index contributed by atoms with van der Waals surface area (Å²) in [5, 5.41) is 38.4. The van der Waals surface area contributed by atoms with E-state index in [1.54, 1.807) is 0 Å². The first-order chi connectivity index (χ1) is 9.56. The van der Waals surface area contributed by atoms with E-state index in [1.807, 2.05) is 0 Å². The Balaban J connectivity index is 1.88. The van der Waals surface area contributed by atoms with Crippen LogP contribution in [0, 0.1) is 5.92 Å². The molecule has 2 fully saturated rings. The highest BCUT2D eigenvalue weighted by molar-refractivity contribution is 7.80. The lowest BCUT2D eigenvalue weighted by atomic mass is 9.88. The molecule has 0 aromatic heterocycles. The number of aliphatic hydroxyl groups is 4. The molecule has 20 heavy (non-hydrogen) atoms.